The van der Waals surface area contributed by atoms with Gasteiger partial charge in [-0.3, -0.25) is 9.36 Å². The Hall–Kier alpha value is -2.10. The smallest absolute Gasteiger partial charge is 0.267 e. The second-order valence-corrected chi connectivity index (χ2v) is 9.37. The molecule has 0 aliphatic heterocycles. The van der Waals surface area contributed by atoms with E-state index in [1.807, 2.05) is 31.2 Å². The molecule has 0 atom stereocenters. The van der Waals surface area contributed by atoms with Crippen LogP contribution in [0.3, 0.4) is 0 Å². The molecule has 2 aromatic heterocycles. The van der Waals surface area contributed by atoms with Crippen LogP contribution in [-0.4, -0.2) is 15.3 Å². The molecule has 1 aliphatic carbocycles. The predicted molar refractivity (Wildman–Crippen MR) is 117 cm³/mol. The second-order valence-electron chi connectivity index (χ2n) is 7.23. The van der Waals surface area contributed by atoms with E-state index in [9.17, 15) is 4.79 Å². The fourth-order valence-corrected chi connectivity index (χ4v) is 5.99. The van der Waals surface area contributed by atoms with Crippen molar-refractivity contribution in [2.75, 3.05) is 5.75 Å². The molecule has 0 saturated heterocycles. The molecule has 0 saturated carbocycles. The van der Waals surface area contributed by atoms with Crippen LogP contribution in [0.2, 0.25) is 0 Å². The Bertz CT molecular complexity index is 1090. The summed E-state index contributed by atoms with van der Waals surface area (Å²) in [5.74, 6) is 0.858. The fraction of sp³-hybridized carbons (Fsp3) is 0.409. The van der Waals surface area contributed by atoms with Gasteiger partial charge in [0.2, 0.25) is 0 Å². The summed E-state index contributed by atoms with van der Waals surface area (Å²) in [6, 6.07) is 10.3. The standard InChI is InChI=1S/C22H23N3OS2/c1-15-9-11-16(12-10-15)25-21(26)19-17-7-3-4-8-18(17)28-20(19)24-22(25)27-14-6-2-5-13-23/h9-12H,2-8,14H2,1H3. The summed E-state index contributed by atoms with van der Waals surface area (Å²) < 4.78 is 1.79. The van der Waals surface area contributed by atoms with Crippen molar-refractivity contribution in [1.82, 2.24) is 9.55 Å². The number of benzene rings is 1. The quantitative estimate of drug-likeness (QED) is 0.310. The molecule has 0 N–H and O–H groups in total. The van der Waals surface area contributed by atoms with Gasteiger partial charge in [0.05, 0.1) is 17.1 Å². The largest absolute Gasteiger partial charge is 0.268 e. The van der Waals surface area contributed by atoms with Crippen molar-refractivity contribution < 1.29 is 0 Å². The van der Waals surface area contributed by atoms with Gasteiger partial charge in [0.15, 0.2) is 5.16 Å². The van der Waals surface area contributed by atoms with Crippen LogP contribution < -0.4 is 5.56 Å². The summed E-state index contributed by atoms with van der Waals surface area (Å²) in [7, 11) is 0. The molecule has 0 spiro atoms. The molecule has 144 valence electrons. The number of aromatic nitrogens is 2. The van der Waals surface area contributed by atoms with Gasteiger partial charge in [0.25, 0.3) is 5.56 Å². The molecule has 0 amide bonds. The zero-order valence-corrected chi connectivity index (χ0v) is 17.7. The molecule has 0 bridgehead atoms. The molecule has 2 heterocycles. The maximum absolute atomic E-state index is 13.6. The van der Waals surface area contributed by atoms with Crippen LogP contribution in [0.1, 0.15) is 48.1 Å². The van der Waals surface area contributed by atoms with Crippen molar-refractivity contribution >= 4 is 33.3 Å². The molecular formula is C22H23N3OS2. The highest BCUT2D eigenvalue weighted by atomic mass is 32.2. The van der Waals surface area contributed by atoms with Crippen molar-refractivity contribution in [1.29, 1.82) is 5.26 Å². The first kappa shape index (κ1) is 19.2. The highest BCUT2D eigenvalue weighted by molar-refractivity contribution is 7.99. The highest BCUT2D eigenvalue weighted by Gasteiger charge is 2.22. The molecule has 0 radical (unpaired) electrons. The van der Waals surface area contributed by atoms with Crippen molar-refractivity contribution in [2.24, 2.45) is 0 Å². The Morgan fingerprint density at radius 1 is 1.21 bits per heavy atom. The van der Waals surface area contributed by atoms with Gasteiger partial charge in [-0.15, -0.1) is 11.3 Å². The summed E-state index contributed by atoms with van der Waals surface area (Å²) in [6.07, 6.45) is 6.81. The van der Waals surface area contributed by atoms with Gasteiger partial charge in [-0.1, -0.05) is 29.5 Å². The first-order valence-electron chi connectivity index (χ1n) is 9.83. The lowest BCUT2D eigenvalue weighted by atomic mass is 9.97. The Kier molecular flexibility index (Phi) is 5.84. The summed E-state index contributed by atoms with van der Waals surface area (Å²) in [6.45, 7) is 2.05. The topological polar surface area (TPSA) is 58.7 Å². The van der Waals surface area contributed by atoms with E-state index in [1.165, 1.54) is 22.4 Å². The lowest BCUT2D eigenvalue weighted by molar-refractivity contribution is 0.699. The van der Waals surface area contributed by atoms with Crippen molar-refractivity contribution in [3.8, 4) is 11.8 Å². The van der Waals surface area contributed by atoms with Crippen LogP contribution in [0, 0.1) is 18.3 Å². The molecular weight excluding hydrogens is 386 g/mol. The van der Waals surface area contributed by atoms with Crippen LogP contribution in [0.15, 0.2) is 34.2 Å². The van der Waals surface area contributed by atoms with Crippen LogP contribution in [0.25, 0.3) is 15.9 Å². The minimum atomic E-state index is 0.0628. The van der Waals surface area contributed by atoms with E-state index in [0.29, 0.717) is 6.42 Å². The van der Waals surface area contributed by atoms with Crippen molar-refractivity contribution in [2.45, 2.75) is 57.0 Å². The third-order valence-electron chi connectivity index (χ3n) is 5.16. The number of rotatable bonds is 6. The summed E-state index contributed by atoms with van der Waals surface area (Å²) in [5, 5.41) is 10.3. The average Bonchev–Trinajstić information content (AvgIpc) is 3.07. The van der Waals surface area contributed by atoms with Gasteiger partial charge in [-0.25, -0.2) is 4.98 Å². The number of hydrogen-bond donors (Lipinski definition) is 0. The highest BCUT2D eigenvalue weighted by Crippen LogP contribution is 2.35. The van der Waals surface area contributed by atoms with Gasteiger partial charge in [-0.05, 0) is 63.1 Å². The molecule has 0 fully saturated rings. The molecule has 0 unspecified atom stereocenters. The molecule has 6 heteroatoms. The van der Waals surface area contributed by atoms with Gasteiger partial charge in [0, 0.05) is 17.1 Å². The van der Waals surface area contributed by atoms with Crippen molar-refractivity contribution in [3.05, 3.63) is 50.6 Å². The third kappa shape index (κ3) is 3.74. The van der Waals surface area contributed by atoms with E-state index in [2.05, 4.69) is 6.07 Å². The Morgan fingerprint density at radius 3 is 2.79 bits per heavy atom. The lowest BCUT2D eigenvalue weighted by Crippen LogP contribution is -2.22. The molecule has 1 aliphatic rings. The van der Waals surface area contributed by atoms with Crippen LogP contribution in [0.4, 0.5) is 0 Å². The minimum Gasteiger partial charge on any atom is -0.268 e. The molecule has 4 rings (SSSR count). The summed E-state index contributed by atoms with van der Waals surface area (Å²) in [4.78, 5) is 20.7. The minimum absolute atomic E-state index is 0.0628. The fourth-order valence-electron chi connectivity index (χ4n) is 3.67. The third-order valence-corrected chi connectivity index (χ3v) is 7.37. The van der Waals surface area contributed by atoms with E-state index in [4.69, 9.17) is 10.2 Å². The number of nitrogens with zero attached hydrogens (tertiary/aromatic N) is 3. The van der Waals surface area contributed by atoms with Crippen LogP contribution in [0.5, 0.6) is 0 Å². The van der Waals surface area contributed by atoms with Gasteiger partial charge in [0.1, 0.15) is 4.83 Å². The van der Waals surface area contributed by atoms with Crippen LogP contribution >= 0.6 is 23.1 Å². The maximum atomic E-state index is 13.6. The monoisotopic (exact) mass is 409 g/mol. The van der Waals surface area contributed by atoms with E-state index < -0.39 is 0 Å². The van der Waals surface area contributed by atoms with E-state index in [-0.39, 0.29) is 5.56 Å². The van der Waals surface area contributed by atoms with E-state index in [1.54, 1.807) is 27.7 Å². The number of fused-ring (bicyclic) bond motifs is 3. The molecule has 4 nitrogen and oxygen atoms in total. The predicted octanol–water partition coefficient (Wildman–Crippen LogP) is 5.42. The second kappa shape index (κ2) is 8.50. The van der Waals surface area contributed by atoms with Crippen molar-refractivity contribution in [3.63, 3.8) is 0 Å². The summed E-state index contributed by atoms with van der Waals surface area (Å²) in [5.41, 5.74) is 3.34. The molecule has 3 aromatic rings. The number of nitriles is 1. The van der Waals surface area contributed by atoms with E-state index in [0.717, 1.165) is 58.9 Å². The zero-order chi connectivity index (χ0) is 19.5. The number of aryl methyl sites for hydroxylation is 3. The number of hydrogen-bond acceptors (Lipinski definition) is 5. The zero-order valence-electron chi connectivity index (χ0n) is 16.0. The Labute approximate surface area is 173 Å². The Balaban J connectivity index is 1.81. The lowest BCUT2D eigenvalue weighted by Gasteiger charge is -2.13. The van der Waals surface area contributed by atoms with E-state index >= 15 is 0 Å². The first-order chi connectivity index (χ1) is 13.7. The van der Waals surface area contributed by atoms with Gasteiger partial charge in [-0.2, -0.15) is 5.26 Å². The average molecular weight is 410 g/mol. The number of unbranched alkanes of at least 4 members (excludes halogenated alkanes) is 2. The van der Waals surface area contributed by atoms with Gasteiger partial charge < -0.3 is 0 Å². The van der Waals surface area contributed by atoms with Crippen LogP contribution in [-0.2, 0) is 12.8 Å². The molecule has 1 aromatic carbocycles. The molecule has 28 heavy (non-hydrogen) atoms. The normalized spacial score (nSPS) is 13.4. The SMILES string of the molecule is Cc1ccc(-n2c(SCCCCC#N)nc3sc4c(c3c2=O)CCCC4)cc1. The summed E-state index contributed by atoms with van der Waals surface area (Å²) >= 11 is 3.32. The first-order valence-corrected chi connectivity index (χ1v) is 11.6. The Morgan fingerprint density at radius 2 is 2.00 bits per heavy atom. The number of thiophene rings is 1. The number of thioether (sulfide) groups is 1. The van der Waals surface area contributed by atoms with Gasteiger partial charge >= 0.3 is 0 Å². The maximum Gasteiger partial charge on any atom is 0.267 e.